The lowest BCUT2D eigenvalue weighted by molar-refractivity contribution is -0.141. The van der Waals surface area contributed by atoms with Crippen molar-refractivity contribution >= 4 is 28.1 Å². The molecule has 0 saturated carbocycles. The molecule has 4 rings (SSSR count). The van der Waals surface area contributed by atoms with Gasteiger partial charge in [-0.05, 0) is 34.5 Å². The predicted octanol–water partition coefficient (Wildman–Crippen LogP) is 3.60. The minimum atomic E-state index is -0.449. The highest BCUT2D eigenvalue weighted by Gasteiger charge is 2.32. The number of anilines is 2. The number of hydrogen-bond acceptors (Lipinski definition) is 4. The zero-order valence-electron chi connectivity index (χ0n) is 12.0. The first-order valence-corrected chi connectivity index (χ1v) is 7.09. The third-order valence-corrected chi connectivity index (χ3v) is 4.10. The van der Waals surface area contributed by atoms with Crippen LogP contribution >= 0.6 is 0 Å². The first-order chi connectivity index (χ1) is 10.8. The van der Waals surface area contributed by atoms with E-state index < -0.39 is 5.92 Å². The Morgan fingerprint density at radius 1 is 1.09 bits per heavy atom. The fourth-order valence-corrected chi connectivity index (χ4v) is 3.04. The summed E-state index contributed by atoms with van der Waals surface area (Å²) in [4.78, 5) is 16.5. The van der Waals surface area contributed by atoms with E-state index in [4.69, 9.17) is 4.74 Å². The summed E-state index contributed by atoms with van der Waals surface area (Å²) in [6.07, 6.45) is 3.44. The molecule has 1 N–H and O–H groups in total. The second kappa shape index (κ2) is 4.84. The number of pyridine rings is 1. The van der Waals surface area contributed by atoms with E-state index in [1.807, 2.05) is 24.3 Å². The highest BCUT2D eigenvalue weighted by Crippen LogP contribution is 2.42. The average Bonchev–Trinajstić information content (AvgIpc) is 2.57. The van der Waals surface area contributed by atoms with Gasteiger partial charge in [0.25, 0.3) is 0 Å². The van der Waals surface area contributed by atoms with Gasteiger partial charge in [-0.1, -0.05) is 24.3 Å². The first-order valence-electron chi connectivity index (χ1n) is 7.09. The van der Waals surface area contributed by atoms with Crippen molar-refractivity contribution in [1.82, 2.24) is 4.98 Å². The second-order valence-corrected chi connectivity index (χ2v) is 5.33. The molecule has 0 aliphatic carbocycles. The van der Waals surface area contributed by atoms with Gasteiger partial charge >= 0.3 is 5.97 Å². The number of carbonyl (C=O) groups is 1. The SMILES string of the molecule is COC(=O)C1c2cnccc2Nc2cc3ccccc3cc21. The largest absolute Gasteiger partial charge is 0.468 e. The number of esters is 1. The molecule has 22 heavy (non-hydrogen) atoms. The van der Waals surface area contributed by atoms with Crippen molar-refractivity contribution in [3.8, 4) is 0 Å². The van der Waals surface area contributed by atoms with Crippen molar-refractivity contribution in [2.45, 2.75) is 5.92 Å². The molecule has 3 aromatic rings. The van der Waals surface area contributed by atoms with E-state index in [0.29, 0.717) is 0 Å². The van der Waals surface area contributed by atoms with E-state index in [9.17, 15) is 4.79 Å². The van der Waals surface area contributed by atoms with E-state index in [-0.39, 0.29) is 5.97 Å². The first kappa shape index (κ1) is 12.8. The molecule has 0 spiro atoms. The number of hydrogen-bond donors (Lipinski definition) is 1. The summed E-state index contributed by atoms with van der Waals surface area (Å²) >= 11 is 0. The van der Waals surface area contributed by atoms with Crippen LogP contribution in [0.15, 0.2) is 54.9 Å². The molecule has 1 unspecified atom stereocenters. The zero-order chi connectivity index (χ0) is 15.1. The topological polar surface area (TPSA) is 51.2 Å². The molecule has 1 atom stereocenters. The Labute approximate surface area is 127 Å². The maximum Gasteiger partial charge on any atom is 0.317 e. The number of carbonyl (C=O) groups excluding carboxylic acids is 1. The van der Waals surface area contributed by atoms with Gasteiger partial charge in [0.05, 0.1) is 7.11 Å². The predicted molar refractivity (Wildman–Crippen MR) is 85.3 cm³/mol. The lowest BCUT2D eigenvalue weighted by Crippen LogP contribution is -2.21. The number of methoxy groups -OCH3 is 1. The zero-order valence-corrected chi connectivity index (χ0v) is 12.0. The van der Waals surface area contributed by atoms with Crippen LogP contribution in [0.5, 0.6) is 0 Å². The molecule has 0 amide bonds. The van der Waals surface area contributed by atoms with Crippen LogP contribution in [0.1, 0.15) is 17.0 Å². The molecule has 4 nitrogen and oxygen atoms in total. The summed E-state index contributed by atoms with van der Waals surface area (Å²) in [5.41, 5.74) is 3.60. The molecule has 1 aromatic heterocycles. The van der Waals surface area contributed by atoms with E-state index in [0.717, 1.165) is 33.3 Å². The number of nitrogens with zero attached hydrogens (tertiary/aromatic N) is 1. The third kappa shape index (κ3) is 1.84. The molecule has 1 aliphatic rings. The Morgan fingerprint density at radius 2 is 1.86 bits per heavy atom. The van der Waals surface area contributed by atoms with Gasteiger partial charge in [-0.15, -0.1) is 0 Å². The molecular formula is C18H14N2O2. The number of rotatable bonds is 1. The second-order valence-electron chi connectivity index (χ2n) is 5.33. The molecule has 2 heterocycles. The monoisotopic (exact) mass is 290 g/mol. The van der Waals surface area contributed by atoms with Crippen LogP contribution in [0.2, 0.25) is 0 Å². The summed E-state index contributed by atoms with van der Waals surface area (Å²) in [6.45, 7) is 0. The Bertz CT molecular complexity index is 889. The van der Waals surface area contributed by atoms with Crippen LogP contribution in [0, 0.1) is 0 Å². The molecule has 2 aromatic carbocycles. The van der Waals surface area contributed by atoms with Crippen LogP contribution in [0.25, 0.3) is 10.8 Å². The van der Waals surface area contributed by atoms with Crippen molar-refractivity contribution in [2.24, 2.45) is 0 Å². The molecule has 0 bridgehead atoms. The molecule has 1 aliphatic heterocycles. The summed E-state index contributed by atoms with van der Waals surface area (Å²) < 4.78 is 5.02. The Balaban J connectivity index is 1.99. The molecule has 0 radical (unpaired) electrons. The van der Waals surface area contributed by atoms with Gasteiger partial charge in [0, 0.05) is 29.3 Å². The van der Waals surface area contributed by atoms with E-state index in [1.165, 1.54) is 7.11 Å². The molecule has 0 saturated heterocycles. The Hall–Kier alpha value is -2.88. The van der Waals surface area contributed by atoms with Crippen LogP contribution in [-0.2, 0) is 9.53 Å². The molecule has 0 fully saturated rings. The third-order valence-electron chi connectivity index (χ3n) is 4.10. The Kier molecular flexibility index (Phi) is 2.82. The summed E-state index contributed by atoms with van der Waals surface area (Å²) in [5, 5.41) is 5.63. The highest BCUT2D eigenvalue weighted by atomic mass is 16.5. The van der Waals surface area contributed by atoms with Crippen molar-refractivity contribution < 1.29 is 9.53 Å². The minimum Gasteiger partial charge on any atom is -0.468 e. The lowest BCUT2D eigenvalue weighted by atomic mass is 9.85. The number of benzene rings is 2. The fourth-order valence-electron chi connectivity index (χ4n) is 3.04. The van der Waals surface area contributed by atoms with Crippen molar-refractivity contribution in [1.29, 1.82) is 0 Å². The maximum absolute atomic E-state index is 12.4. The molecule has 4 heteroatoms. The van der Waals surface area contributed by atoms with Crippen molar-refractivity contribution in [2.75, 3.05) is 12.4 Å². The smallest absolute Gasteiger partial charge is 0.317 e. The van der Waals surface area contributed by atoms with Crippen LogP contribution < -0.4 is 5.32 Å². The fraction of sp³-hybridized carbons (Fsp3) is 0.111. The minimum absolute atomic E-state index is 0.271. The highest BCUT2D eigenvalue weighted by molar-refractivity contribution is 5.96. The average molecular weight is 290 g/mol. The standard InChI is InChI=1S/C18H14N2O2/c1-22-18(21)17-13-8-11-4-2-3-5-12(11)9-16(13)20-15-6-7-19-10-14(15)17/h2-10,17,20H,1H3. The van der Waals surface area contributed by atoms with E-state index >= 15 is 0 Å². The quantitative estimate of drug-likeness (QED) is 0.696. The Morgan fingerprint density at radius 3 is 2.64 bits per heavy atom. The van der Waals surface area contributed by atoms with Gasteiger partial charge in [-0.2, -0.15) is 0 Å². The van der Waals surface area contributed by atoms with Gasteiger partial charge in [-0.25, -0.2) is 0 Å². The van der Waals surface area contributed by atoms with Gasteiger partial charge in [-0.3, -0.25) is 9.78 Å². The summed E-state index contributed by atoms with van der Waals surface area (Å²) in [7, 11) is 1.42. The van der Waals surface area contributed by atoms with Crippen molar-refractivity contribution in [3.63, 3.8) is 0 Å². The van der Waals surface area contributed by atoms with E-state index in [1.54, 1.807) is 12.4 Å². The van der Waals surface area contributed by atoms with E-state index in [2.05, 4.69) is 28.5 Å². The van der Waals surface area contributed by atoms with Gasteiger partial charge < -0.3 is 10.1 Å². The van der Waals surface area contributed by atoms with Crippen molar-refractivity contribution in [3.05, 3.63) is 66.0 Å². The number of fused-ring (bicyclic) bond motifs is 3. The van der Waals surface area contributed by atoms with Gasteiger partial charge in [0.15, 0.2) is 0 Å². The number of ether oxygens (including phenoxy) is 1. The van der Waals surface area contributed by atoms with Gasteiger partial charge in [0.1, 0.15) is 5.92 Å². The van der Waals surface area contributed by atoms with Gasteiger partial charge in [0.2, 0.25) is 0 Å². The van der Waals surface area contributed by atoms with Crippen LogP contribution in [-0.4, -0.2) is 18.1 Å². The normalized spacial score (nSPS) is 15.6. The number of aromatic nitrogens is 1. The van der Waals surface area contributed by atoms with Crippen LogP contribution in [0.3, 0.4) is 0 Å². The lowest BCUT2D eigenvalue weighted by Gasteiger charge is -2.27. The number of nitrogens with one attached hydrogen (secondary N) is 1. The summed E-state index contributed by atoms with van der Waals surface area (Å²) in [5.74, 6) is -0.721. The maximum atomic E-state index is 12.4. The summed E-state index contributed by atoms with van der Waals surface area (Å²) in [6, 6.07) is 14.1. The molecular weight excluding hydrogens is 276 g/mol. The van der Waals surface area contributed by atoms with Crippen LogP contribution in [0.4, 0.5) is 11.4 Å². The molecule has 108 valence electrons.